The number of anilines is 1. The molecule has 0 atom stereocenters. The highest BCUT2D eigenvalue weighted by Crippen LogP contribution is 2.21. The molecule has 2 rings (SSSR count). The van der Waals surface area contributed by atoms with Gasteiger partial charge in [0, 0.05) is 32.4 Å². The molecule has 1 amide bonds. The van der Waals surface area contributed by atoms with Gasteiger partial charge in [0.15, 0.2) is 0 Å². The first-order valence-electron chi connectivity index (χ1n) is 6.92. The number of nitrogens with one attached hydrogen (secondary N) is 1. The fraction of sp³-hybridized carbons (Fsp3) is 0.533. The number of carbonyl (C=O) groups excluding carboxylic acids is 1. The summed E-state index contributed by atoms with van der Waals surface area (Å²) < 4.78 is 0. The monoisotopic (exact) mass is 261 g/mol. The van der Waals surface area contributed by atoms with Crippen LogP contribution in [-0.4, -0.2) is 44.5 Å². The lowest BCUT2D eigenvalue weighted by Gasteiger charge is -2.20. The Kier molecular flexibility index (Phi) is 4.80. The van der Waals surface area contributed by atoms with Crippen LogP contribution >= 0.6 is 0 Å². The summed E-state index contributed by atoms with van der Waals surface area (Å²) in [5.41, 5.74) is 2.57. The third-order valence-electron chi connectivity index (χ3n) is 3.53. The summed E-state index contributed by atoms with van der Waals surface area (Å²) in [6, 6.07) is 8.65. The summed E-state index contributed by atoms with van der Waals surface area (Å²) in [6.07, 6.45) is 2.58. The minimum Gasteiger partial charge on any atom is -0.372 e. The average Bonchev–Trinajstić information content (AvgIpc) is 2.92. The van der Waals surface area contributed by atoms with Crippen molar-refractivity contribution in [1.82, 2.24) is 10.2 Å². The van der Waals surface area contributed by atoms with Crippen molar-refractivity contribution in [3.05, 3.63) is 29.8 Å². The van der Waals surface area contributed by atoms with Gasteiger partial charge in [0.2, 0.25) is 5.91 Å². The third kappa shape index (κ3) is 3.96. The zero-order chi connectivity index (χ0) is 13.7. The van der Waals surface area contributed by atoms with Crippen LogP contribution in [0.2, 0.25) is 0 Å². The molecule has 1 aliphatic heterocycles. The minimum atomic E-state index is 0.0539. The predicted octanol–water partition coefficient (Wildman–Crippen LogP) is 1.46. The molecule has 4 heteroatoms. The number of hydrogen-bond acceptors (Lipinski definition) is 3. The van der Waals surface area contributed by atoms with Crippen LogP contribution in [0.3, 0.4) is 0 Å². The van der Waals surface area contributed by atoms with Crippen LogP contribution in [-0.2, 0) is 11.3 Å². The topological polar surface area (TPSA) is 35.6 Å². The molecule has 0 radical (unpaired) electrons. The smallest absolute Gasteiger partial charge is 0.233 e. The highest BCUT2D eigenvalue weighted by Gasteiger charge is 2.13. The molecule has 0 aromatic heterocycles. The molecule has 4 nitrogen and oxygen atoms in total. The van der Waals surface area contributed by atoms with E-state index in [1.54, 1.807) is 7.05 Å². The molecule has 0 aliphatic carbocycles. The van der Waals surface area contributed by atoms with Crippen LogP contribution in [0.15, 0.2) is 24.3 Å². The molecule has 0 spiro atoms. The molecule has 0 bridgehead atoms. The van der Waals surface area contributed by atoms with E-state index in [4.69, 9.17) is 0 Å². The van der Waals surface area contributed by atoms with Crippen LogP contribution in [0, 0.1) is 0 Å². The number of carbonyl (C=O) groups is 1. The molecule has 1 fully saturated rings. The maximum atomic E-state index is 11.3. The van der Waals surface area contributed by atoms with Gasteiger partial charge in [-0.1, -0.05) is 12.1 Å². The highest BCUT2D eigenvalue weighted by atomic mass is 16.1. The highest BCUT2D eigenvalue weighted by molar-refractivity contribution is 5.77. The van der Waals surface area contributed by atoms with Gasteiger partial charge in [-0.25, -0.2) is 0 Å². The molecule has 1 saturated heterocycles. The van der Waals surface area contributed by atoms with Crippen LogP contribution in [0.5, 0.6) is 0 Å². The molecule has 0 unspecified atom stereocenters. The van der Waals surface area contributed by atoms with Gasteiger partial charge in [0.05, 0.1) is 6.54 Å². The van der Waals surface area contributed by atoms with Crippen molar-refractivity contribution in [2.75, 3.05) is 38.6 Å². The zero-order valence-corrected chi connectivity index (χ0v) is 11.9. The van der Waals surface area contributed by atoms with E-state index in [0.717, 1.165) is 19.6 Å². The van der Waals surface area contributed by atoms with E-state index in [1.165, 1.54) is 24.1 Å². The van der Waals surface area contributed by atoms with Gasteiger partial charge in [-0.2, -0.15) is 0 Å². The number of benzene rings is 1. The second-order valence-electron chi connectivity index (χ2n) is 5.21. The number of amides is 1. The van der Waals surface area contributed by atoms with Gasteiger partial charge in [0.1, 0.15) is 0 Å². The number of nitrogens with zero attached hydrogens (tertiary/aromatic N) is 2. The van der Waals surface area contributed by atoms with Gasteiger partial charge < -0.3 is 10.2 Å². The molecule has 1 aliphatic rings. The van der Waals surface area contributed by atoms with E-state index in [0.29, 0.717) is 6.54 Å². The minimum absolute atomic E-state index is 0.0539. The lowest BCUT2D eigenvalue weighted by atomic mass is 10.2. The number of hydrogen-bond donors (Lipinski definition) is 1. The molecule has 0 saturated carbocycles. The Morgan fingerprint density at radius 1 is 1.37 bits per heavy atom. The first-order chi connectivity index (χ1) is 9.19. The van der Waals surface area contributed by atoms with Gasteiger partial charge in [0.25, 0.3) is 0 Å². The van der Waals surface area contributed by atoms with Gasteiger partial charge in [-0.3, -0.25) is 9.69 Å². The normalized spacial score (nSPS) is 15.0. The Morgan fingerprint density at radius 3 is 2.79 bits per heavy atom. The lowest BCUT2D eigenvalue weighted by molar-refractivity contribution is -0.121. The van der Waals surface area contributed by atoms with Crippen molar-refractivity contribution in [3.8, 4) is 0 Å². The Balaban J connectivity index is 1.96. The predicted molar refractivity (Wildman–Crippen MR) is 78.3 cm³/mol. The van der Waals surface area contributed by atoms with E-state index >= 15 is 0 Å². The fourth-order valence-corrected chi connectivity index (χ4v) is 2.52. The van der Waals surface area contributed by atoms with E-state index in [1.807, 2.05) is 11.9 Å². The molecule has 1 N–H and O–H groups in total. The van der Waals surface area contributed by atoms with E-state index < -0.39 is 0 Å². The molecular weight excluding hydrogens is 238 g/mol. The summed E-state index contributed by atoms with van der Waals surface area (Å²) in [4.78, 5) is 15.8. The first-order valence-corrected chi connectivity index (χ1v) is 6.92. The van der Waals surface area contributed by atoms with Crippen molar-refractivity contribution in [3.63, 3.8) is 0 Å². The molecule has 104 valence electrons. The van der Waals surface area contributed by atoms with Crippen molar-refractivity contribution in [2.45, 2.75) is 19.4 Å². The van der Waals surface area contributed by atoms with Crippen molar-refractivity contribution >= 4 is 11.6 Å². The summed E-state index contributed by atoms with van der Waals surface area (Å²) in [7, 11) is 3.64. The maximum Gasteiger partial charge on any atom is 0.233 e. The van der Waals surface area contributed by atoms with Gasteiger partial charge in [-0.05, 0) is 37.6 Å². The largest absolute Gasteiger partial charge is 0.372 e. The second-order valence-corrected chi connectivity index (χ2v) is 5.21. The fourth-order valence-electron chi connectivity index (χ4n) is 2.52. The molecule has 1 heterocycles. The Bertz CT molecular complexity index is 427. The van der Waals surface area contributed by atoms with E-state index in [-0.39, 0.29) is 5.91 Å². The van der Waals surface area contributed by atoms with Crippen LogP contribution in [0.25, 0.3) is 0 Å². The van der Waals surface area contributed by atoms with Crippen molar-refractivity contribution in [1.29, 1.82) is 0 Å². The summed E-state index contributed by atoms with van der Waals surface area (Å²) >= 11 is 0. The summed E-state index contributed by atoms with van der Waals surface area (Å²) in [5, 5.41) is 2.65. The molecule has 1 aromatic rings. The SMILES string of the molecule is CNC(=O)CN(C)Cc1cccc(N2CCCC2)c1. The second kappa shape index (κ2) is 6.57. The summed E-state index contributed by atoms with van der Waals surface area (Å²) in [6.45, 7) is 3.56. The van der Waals surface area contributed by atoms with Crippen molar-refractivity contribution in [2.24, 2.45) is 0 Å². The van der Waals surface area contributed by atoms with Crippen LogP contribution in [0.4, 0.5) is 5.69 Å². The molecular formula is C15H23N3O. The Morgan fingerprint density at radius 2 is 2.11 bits per heavy atom. The summed E-state index contributed by atoms with van der Waals surface area (Å²) in [5.74, 6) is 0.0539. The average molecular weight is 261 g/mol. The number of rotatable bonds is 5. The number of likely N-dealkylation sites (N-methyl/N-ethyl adjacent to an activating group) is 2. The maximum absolute atomic E-state index is 11.3. The van der Waals surface area contributed by atoms with Gasteiger partial charge >= 0.3 is 0 Å². The molecule has 19 heavy (non-hydrogen) atoms. The van der Waals surface area contributed by atoms with Crippen LogP contribution in [0.1, 0.15) is 18.4 Å². The van der Waals surface area contributed by atoms with Crippen LogP contribution < -0.4 is 10.2 Å². The van der Waals surface area contributed by atoms with Gasteiger partial charge in [-0.15, -0.1) is 0 Å². The molecule has 1 aromatic carbocycles. The van der Waals surface area contributed by atoms with E-state index in [9.17, 15) is 4.79 Å². The Hall–Kier alpha value is -1.55. The van der Waals surface area contributed by atoms with E-state index in [2.05, 4.69) is 34.5 Å². The zero-order valence-electron chi connectivity index (χ0n) is 11.9. The third-order valence-corrected chi connectivity index (χ3v) is 3.53. The standard InChI is InChI=1S/C15H23N3O/c1-16-15(19)12-17(2)11-13-6-5-7-14(10-13)18-8-3-4-9-18/h5-7,10H,3-4,8-9,11-12H2,1-2H3,(H,16,19). The van der Waals surface area contributed by atoms with Crippen molar-refractivity contribution < 1.29 is 4.79 Å². The quantitative estimate of drug-likeness (QED) is 0.872. The Labute approximate surface area is 115 Å². The lowest BCUT2D eigenvalue weighted by Crippen LogP contribution is -2.32. The first kappa shape index (κ1) is 13.9.